The van der Waals surface area contributed by atoms with Crippen LogP contribution in [0.2, 0.25) is 0 Å². The van der Waals surface area contributed by atoms with Gasteiger partial charge >= 0.3 is 0 Å². The van der Waals surface area contributed by atoms with E-state index in [1.165, 1.54) is 5.56 Å². The standard InChI is InChI=1S/C16H22N2O/c1-4-5-16-14(11-19)10-17-18(16)15-8-6-13(7-9-15)12(2)3/h6-10,12,19H,4-5,11H2,1-3H3. The Balaban J connectivity index is 2.38. The van der Waals surface area contributed by atoms with Gasteiger partial charge in [0.2, 0.25) is 0 Å². The van der Waals surface area contributed by atoms with Gasteiger partial charge in [-0.3, -0.25) is 0 Å². The molecule has 0 aliphatic heterocycles. The zero-order valence-corrected chi connectivity index (χ0v) is 11.9. The van der Waals surface area contributed by atoms with E-state index in [2.05, 4.69) is 50.1 Å². The van der Waals surface area contributed by atoms with Gasteiger partial charge in [-0.15, -0.1) is 0 Å². The summed E-state index contributed by atoms with van der Waals surface area (Å²) in [7, 11) is 0. The van der Waals surface area contributed by atoms with Crippen LogP contribution in [0.25, 0.3) is 5.69 Å². The predicted molar refractivity (Wildman–Crippen MR) is 77.6 cm³/mol. The van der Waals surface area contributed by atoms with Gasteiger partial charge in [-0.05, 0) is 30.0 Å². The molecule has 0 bridgehead atoms. The minimum absolute atomic E-state index is 0.0550. The molecule has 1 heterocycles. The second-order valence-corrected chi connectivity index (χ2v) is 5.18. The molecule has 0 radical (unpaired) electrons. The average Bonchev–Trinajstić information content (AvgIpc) is 2.82. The molecule has 1 N–H and O–H groups in total. The van der Waals surface area contributed by atoms with Gasteiger partial charge in [-0.2, -0.15) is 5.10 Å². The Bertz CT molecular complexity index is 526. The van der Waals surface area contributed by atoms with Crippen molar-refractivity contribution in [2.24, 2.45) is 0 Å². The van der Waals surface area contributed by atoms with Gasteiger partial charge in [0.05, 0.1) is 18.5 Å². The summed E-state index contributed by atoms with van der Waals surface area (Å²) < 4.78 is 1.94. The molecule has 19 heavy (non-hydrogen) atoms. The lowest BCUT2D eigenvalue weighted by atomic mass is 10.0. The normalized spacial score (nSPS) is 11.2. The summed E-state index contributed by atoms with van der Waals surface area (Å²) in [4.78, 5) is 0. The molecule has 0 amide bonds. The molecule has 0 aliphatic carbocycles. The smallest absolute Gasteiger partial charge is 0.0715 e. The highest BCUT2D eigenvalue weighted by Crippen LogP contribution is 2.20. The maximum atomic E-state index is 9.37. The summed E-state index contributed by atoms with van der Waals surface area (Å²) >= 11 is 0. The summed E-state index contributed by atoms with van der Waals surface area (Å²) in [5, 5.41) is 13.8. The fraction of sp³-hybridized carbons (Fsp3) is 0.438. The first-order valence-corrected chi connectivity index (χ1v) is 6.94. The number of aromatic nitrogens is 2. The van der Waals surface area contributed by atoms with Gasteiger partial charge in [0, 0.05) is 11.3 Å². The highest BCUT2D eigenvalue weighted by molar-refractivity contribution is 5.38. The summed E-state index contributed by atoms with van der Waals surface area (Å²) in [5.74, 6) is 0.537. The van der Waals surface area contributed by atoms with E-state index < -0.39 is 0 Å². The van der Waals surface area contributed by atoms with Crippen molar-refractivity contribution in [2.75, 3.05) is 0 Å². The lowest BCUT2D eigenvalue weighted by Crippen LogP contribution is -2.04. The van der Waals surface area contributed by atoms with E-state index in [9.17, 15) is 5.11 Å². The third-order valence-electron chi connectivity index (χ3n) is 3.42. The Morgan fingerprint density at radius 3 is 2.42 bits per heavy atom. The monoisotopic (exact) mass is 258 g/mol. The van der Waals surface area contributed by atoms with E-state index in [4.69, 9.17) is 0 Å². The van der Waals surface area contributed by atoms with E-state index in [-0.39, 0.29) is 6.61 Å². The zero-order chi connectivity index (χ0) is 13.8. The second-order valence-electron chi connectivity index (χ2n) is 5.18. The largest absolute Gasteiger partial charge is 0.392 e. The van der Waals surface area contributed by atoms with Crippen LogP contribution in [0.1, 0.15) is 49.9 Å². The maximum absolute atomic E-state index is 9.37. The maximum Gasteiger partial charge on any atom is 0.0715 e. The van der Waals surface area contributed by atoms with Crippen LogP contribution >= 0.6 is 0 Å². The molecular formula is C16H22N2O. The minimum Gasteiger partial charge on any atom is -0.392 e. The molecule has 0 aliphatic rings. The molecule has 0 saturated heterocycles. The SMILES string of the molecule is CCCc1c(CO)cnn1-c1ccc(C(C)C)cc1. The minimum atomic E-state index is 0.0550. The number of aliphatic hydroxyl groups excluding tert-OH is 1. The number of benzene rings is 1. The highest BCUT2D eigenvalue weighted by atomic mass is 16.3. The van der Waals surface area contributed by atoms with E-state index in [0.29, 0.717) is 5.92 Å². The van der Waals surface area contributed by atoms with Crippen molar-refractivity contribution in [2.45, 2.75) is 46.1 Å². The quantitative estimate of drug-likeness (QED) is 0.892. The van der Waals surface area contributed by atoms with Crippen LogP contribution in [0.3, 0.4) is 0 Å². The Labute approximate surface area is 114 Å². The van der Waals surface area contributed by atoms with E-state index in [1.807, 2.05) is 4.68 Å². The molecule has 2 aromatic rings. The first-order valence-electron chi connectivity index (χ1n) is 6.94. The fourth-order valence-electron chi connectivity index (χ4n) is 2.27. The molecule has 1 aromatic heterocycles. The molecular weight excluding hydrogens is 236 g/mol. The number of nitrogens with zero attached hydrogens (tertiary/aromatic N) is 2. The highest BCUT2D eigenvalue weighted by Gasteiger charge is 2.11. The van der Waals surface area contributed by atoms with Crippen LogP contribution in [0.4, 0.5) is 0 Å². The molecule has 0 saturated carbocycles. The topological polar surface area (TPSA) is 38.1 Å². The Morgan fingerprint density at radius 1 is 1.21 bits per heavy atom. The molecule has 2 rings (SSSR count). The van der Waals surface area contributed by atoms with Crippen LogP contribution in [0.15, 0.2) is 30.5 Å². The average molecular weight is 258 g/mol. The van der Waals surface area contributed by atoms with Crippen LogP contribution < -0.4 is 0 Å². The van der Waals surface area contributed by atoms with Gasteiger partial charge in [-0.25, -0.2) is 4.68 Å². The van der Waals surface area contributed by atoms with Gasteiger partial charge in [0.15, 0.2) is 0 Å². The van der Waals surface area contributed by atoms with Crippen molar-refractivity contribution in [1.82, 2.24) is 9.78 Å². The van der Waals surface area contributed by atoms with Crippen LogP contribution in [0, 0.1) is 0 Å². The molecule has 0 atom stereocenters. The van der Waals surface area contributed by atoms with Gasteiger partial charge in [0.1, 0.15) is 0 Å². The molecule has 0 fully saturated rings. The molecule has 1 aromatic carbocycles. The number of hydrogen-bond acceptors (Lipinski definition) is 2. The molecule has 3 nitrogen and oxygen atoms in total. The fourth-order valence-corrected chi connectivity index (χ4v) is 2.27. The first-order chi connectivity index (χ1) is 9.17. The molecule has 102 valence electrons. The van der Waals surface area contributed by atoms with Crippen molar-refractivity contribution < 1.29 is 5.11 Å². The van der Waals surface area contributed by atoms with Crippen LogP contribution in [-0.2, 0) is 13.0 Å². The van der Waals surface area contributed by atoms with Crippen molar-refractivity contribution in [3.8, 4) is 5.69 Å². The lowest BCUT2D eigenvalue weighted by molar-refractivity contribution is 0.280. The Morgan fingerprint density at radius 2 is 1.89 bits per heavy atom. The summed E-state index contributed by atoms with van der Waals surface area (Å²) in [6, 6.07) is 8.50. The van der Waals surface area contributed by atoms with Gasteiger partial charge < -0.3 is 5.11 Å². The Kier molecular flexibility index (Phi) is 4.38. The zero-order valence-electron chi connectivity index (χ0n) is 11.9. The summed E-state index contributed by atoms with van der Waals surface area (Å²) in [6.45, 7) is 6.57. The third-order valence-corrected chi connectivity index (χ3v) is 3.42. The number of aliphatic hydroxyl groups is 1. The van der Waals surface area contributed by atoms with Crippen molar-refractivity contribution >= 4 is 0 Å². The van der Waals surface area contributed by atoms with E-state index >= 15 is 0 Å². The van der Waals surface area contributed by atoms with Crippen LogP contribution in [-0.4, -0.2) is 14.9 Å². The molecule has 0 unspecified atom stereocenters. The van der Waals surface area contributed by atoms with Crippen molar-refractivity contribution in [1.29, 1.82) is 0 Å². The van der Waals surface area contributed by atoms with E-state index in [0.717, 1.165) is 29.8 Å². The third kappa shape index (κ3) is 2.87. The molecule has 0 spiro atoms. The van der Waals surface area contributed by atoms with Crippen LogP contribution in [0.5, 0.6) is 0 Å². The first kappa shape index (κ1) is 13.8. The van der Waals surface area contributed by atoms with Gasteiger partial charge in [0.25, 0.3) is 0 Å². The summed E-state index contributed by atoms with van der Waals surface area (Å²) in [5.41, 5.74) is 4.43. The van der Waals surface area contributed by atoms with Crippen molar-refractivity contribution in [3.05, 3.63) is 47.3 Å². The van der Waals surface area contributed by atoms with E-state index in [1.54, 1.807) is 6.20 Å². The van der Waals surface area contributed by atoms with Crippen molar-refractivity contribution in [3.63, 3.8) is 0 Å². The summed E-state index contributed by atoms with van der Waals surface area (Å²) in [6.07, 6.45) is 3.74. The number of hydrogen-bond donors (Lipinski definition) is 1. The predicted octanol–water partition coefficient (Wildman–Crippen LogP) is 3.44. The molecule has 3 heteroatoms. The Hall–Kier alpha value is -1.61. The second kappa shape index (κ2) is 6.02. The van der Waals surface area contributed by atoms with Gasteiger partial charge in [-0.1, -0.05) is 39.3 Å². The lowest BCUT2D eigenvalue weighted by Gasteiger charge is -2.10. The number of rotatable bonds is 5.